The summed E-state index contributed by atoms with van der Waals surface area (Å²) in [5.41, 5.74) is 7.55. The van der Waals surface area contributed by atoms with Crippen molar-refractivity contribution >= 4 is 62.7 Å². The van der Waals surface area contributed by atoms with Gasteiger partial charge in [0.2, 0.25) is 0 Å². The van der Waals surface area contributed by atoms with Crippen LogP contribution in [0.2, 0.25) is 0 Å². The van der Waals surface area contributed by atoms with E-state index in [4.69, 9.17) is 17.0 Å². The van der Waals surface area contributed by atoms with Crippen LogP contribution in [0.3, 0.4) is 0 Å². The molecule has 2 aliphatic rings. The molecule has 1 N–H and O–H groups in total. The lowest BCUT2D eigenvalue weighted by atomic mass is 9.64. The van der Waals surface area contributed by atoms with Gasteiger partial charge in [0, 0.05) is 26.6 Å². The van der Waals surface area contributed by atoms with Crippen molar-refractivity contribution in [2.24, 2.45) is 0 Å². The molecule has 0 radical (unpaired) electrons. The molecule has 6 heteroatoms. The highest BCUT2D eigenvalue weighted by molar-refractivity contribution is 8.32. The molecule has 0 saturated carbocycles. The van der Waals surface area contributed by atoms with E-state index < -0.39 is 11.0 Å². The number of carbonyl (C=O) groups is 1. The highest BCUT2D eigenvalue weighted by atomic mass is 32.2. The Bertz CT molecular complexity index is 1960. The van der Waals surface area contributed by atoms with Gasteiger partial charge in [0.1, 0.15) is 4.91 Å². The van der Waals surface area contributed by atoms with Crippen molar-refractivity contribution < 1.29 is 9.53 Å². The van der Waals surface area contributed by atoms with Crippen LogP contribution in [0.4, 0.5) is 5.69 Å². The third-order valence-corrected chi connectivity index (χ3v) is 12.2. The Balaban J connectivity index is 1.49. The van der Waals surface area contributed by atoms with Gasteiger partial charge in [-0.1, -0.05) is 163 Å². The summed E-state index contributed by atoms with van der Waals surface area (Å²) >= 11 is 9.40. The molecule has 0 unspecified atom stereocenters. The van der Waals surface area contributed by atoms with Crippen molar-refractivity contribution in [3.05, 3.63) is 182 Å². The van der Waals surface area contributed by atoms with Crippen LogP contribution in [0.25, 0.3) is 10.5 Å². The molecule has 48 heavy (non-hydrogen) atoms. The number of esters is 1. The Morgan fingerprint density at radius 2 is 1.25 bits per heavy atom. The average Bonchev–Trinajstić information content (AvgIpc) is 3.56. The summed E-state index contributed by atoms with van der Waals surface area (Å²) in [6, 6.07) is 49.0. The number of fused-ring (bicyclic) bond motifs is 1. The second-order valence-corrected chi connectivity index (χ2v) is 15.0. The van der Waals surface area contributed by atoms with Crippen LogP contribution in [0, 0.1) is 0 Å². The Morgan fingerprint density at radius 1 is 0.729 bits per heavy atom. The first-order valence-corrected chi connectivity index (χ1v) is 18.1. The molecule has 0 saturated heterocycles. The molecule has 0 spiro atoms. The van der Waals surface area contributed by atoms with Gasteiger partial charge in [0.05, 0.1) is 21.8 Å². The van der Waals surface area contributed by atoms with E-state index in [1.54, 1.807) is 11.8 Å². The van der Waals surface area contributed by atoms with E-state index in [1.165, 1.54) is 28.5 Å². The molecule has 7 rings (SSSR count). The zero-order valence-corrected chi connectivity index (χ0v) is 29.5. The topological polar surface area (TPSA) is 38.3 Å². The Labute approximate surface area is 296 Å². The third kappa shape index (κ3) is 5.62. The number of rotatable bonds is 7. The van der Waals surface area contributed by atoms with Crippen LogP contribution in [0.15, 0.2) is 149 Å². The van der Waals surface area contributed by atoms with Crippen molar-refractivity contribution in [3.8, 4) is 0 Å². The fraction of sp³-hybridized carbons (Fsp3) is 0.143. The lowest BCUT2D eigenvalue weighted by Gasteiger charge is -2.40. The van der Waals surface area contributed by atoms with Gasteiger partial charge in [-0.15, -0.1) is 0 Å². The largest absolute Gasteiger partial charge is 0.462 e. The third-order valence-electron chi connectivity index (χ3n) is 8.88. The molecule has 0 fully saturated rings. The number of hydrogen-bond acceptors (Lipinski definition) is 6. The maximum Gasteiger partial charge on any atom is 0.346 e. The fourth-order valence-corrected chi connectivity index (χ4v) is 9.79. The lowest BCUT2D eigenvalue weighted by Crippen LogP contribution is -2.43. The Kier molecular flexibility index (Phi) is 8.90. The maximum atomic E-state index is 13.4. The van der Waals surface area contributed by atoms with E-state index in [0.717, 1.165) is 42.0 Å². The number of nitrogens with one attached hydrogen (secondary N) is 1. The SMILES string of the molecule is CCOC(=O)C1=C(c2ccccc2)S/C(=C2/C(=S)C(C)(C)Nc3ccc(C(c4ccccc4)(c4ccccc4)c4ccccc4)cc32)S1. The molecular formula is C42H35NO2S3. The van der Waals surface area contributed by atoms with Gasteiger partial charge >= 0.3 is 5.97 Å². The normalized spacial score (nSPS) is 17.1. The van der Waals surface area contributed by atoms with Gasteiger partial charge in [-0.05, 0) is 60.7 Å². The molecule has 3 nitrogen and oxygen atoms in total. The molecule has 0 amide bonds. The van der Waals surface area contributed by atoms with Gasteiger partial charge in [-0.25, -0.2) is 4.79 Å². The van der Waals surface area contributed by atoms with Crippen LogP contribution >= 0.6 is 35.7 Å². The maximum absolute atomic E-state index is 13.4. The standard InChI is InChI=1S/C42H35NO2S3/c1-4-45-39(44)37-36(28-17-9-5-10-18-28)47-40(48-37)35-33-27-32(25-26-34(33)43-41(2,3)38(35)46)42(29-19-11-6-12-20-29,30-21-13-7-14-22-30)31-23-15-8-16-24-31/h5-27,43H,4H2,1-3H3/b40-35-. The summed E-state index contributed by atoms with van der Waals surface area (Å²) in [7, 11) is 0. The Hall–Kier alpha value is -4.36. The molecule has 5 aromatic carbocycles. The molecule has 0 bridgehead atoms. The summed E-state index contributed by atoms with van der Waals surface area (Å²) in [5.74, 6) is -0.311. The molecule has 5 aromatic rings. The molecule has 0 aliphatic carbocycles. The van der Waals surface area contributed by atoms with Crippen LogP contribution in [0.5, 0.6) is 0 Å². The van der Waals surface area contributed by atoms with E-state index in [-0.39, 0.29) is 5.97 Å². The summed E-state index contributed by atoms with van der Waals surface area (Å²) in [5, 5.41) is 3.74. The molecule has 0 aromatic heterocycles. The summed E-state index contributed by atoms with van der Waals surface area (Å²) in [6.07, 6.45) is 0. The van der Waals surface area contributed by atoms with Gasteiger partial charge in [0.15, 0.2) is 0 Å². The fourth-order valence-electron chi connectivity index (χ4n) is 6.70. The summed E-state index contributed by atoms with van der Waals surface area (Å²) in [4.78, 5) is 15.7. The van der Waals surface area contributed by atoms with Crippen molar-refractivity contribution in [2.45, 2.75) is 31.7 Å². The smallest absolute Gasteiger partial charge is 0.346 e. The first kappa shape index (κ1) is 32.2. The Morgan fingerprint density at radius 3 is 1.77 bits per heavy atom. The van der Waals surface area contributed by atoms with E-state index >= 15 is 0 Å². The number of ether oxygens (including phenoxy) is 1. The highest BCUT2D eigenvalue weighted by Crippen LogP contribution is 2.58. The predicted octanol–water partition coefficient (Wildman–Crippen LogP) is 10.7. The molecule has 0 atom stereocenters. The van der Waals surface area contributed by atoms with Crippen LogP contribution < -0.4 is 5.32 Å². The van der Waals surface area contributed by atoms with Gasteiger partial charge in [-0.2, -0.15) is 0 Å². The van der Waals surface area contributed by atoms with Crippen molar-refractivity contribution in [1.82, 2.24) is 0 Å². The second-order valence-electron chi connectivity index (χ2n) is 12.3. The number of anilines is 1. The predicted molar refractivity (Wildman–Crippen MR) is 207 cm³/mol. The zero-order chi connectivity index (χ0) is 33.3. The quantitative estimate of drug-likeness (QED) is 0.0798. The number of thiocarbonyl (C=S) groups is 1. The van der Waals surface area contributed by atoms with Gasteiger partial charge < -0.3 is 10.1 Å². The first-order valence-electron chi connectivity index (χ1n) is 16.1. The second kappa shape index (κ2) is 13.3. The monoisotopic (exact) mass is 681 g/mol. The van der Waals surface area contributed by atoms with E-state index in [0.29, 0.717) is 11.5 Å². The van der Waals surface area contributed by atoms with E-state index in [1.807, 2.05) is 37.3 Å². The number of carbonyl (C=O) groups excluding carboxylic acids is 1. The lowest BCUT2D eigenvalue weighted by molar-refractivity contribution is -0.137. The number of hydrogen-bond donors (Lipinski definition) is 1. The number of benzene rings is 5. The van der Waals surface area contributed by atoms with Crippen molar-refractivity contribution in [2.75, 3.05) is 11.9 Å². The minimum Gasteiger partial charge on any atom is -0.462 e. The highest BCUT2D eigenvalue weighted by Gasteiger charge is 2.42. The molecule has 2 heterocycles. The molecule has 2 aliphatic heterocycles. The van der Waals surface area contributed by atoms with Crippen molar-refractivity contribution in [1.29, 1.82) is 0 Å². The number of thioether (sulfide) groups is 2. The molecule has 238 valence electrons. The van der Waals surface area contributed by atoms with E-state index in [2.05, 4.69) is 128 Å². The van der Waals surface area contributed by atoms with Crippen LogP contribution in [0.1, 0.15) is 54.2 Å². The zero-order valence-electron chi connectivity index (χ0n) is 27.0. The molecular weight excluding hydrogens is 647 g/mol. The van der Waals surface area contributed by atoms with Crippen LogP contribution in [-0.2, 0) is 14.9 Å². The summed E-state index contributed by atoms with van der Waals surface area (Å²) < 4.78 is 6.55. The van der Waals surface area contributed by atoms with E-state index in [9.17, 15) is 4.79 Å². The van der Waals surface area contributed by atoms with Gasteiger partial charge in [0.25, 0.3) is 0 Å². The van der Waals surface area contributed by atoms with Crippen molar-refractivity contribution in [3.63, 3.8) is 0 Å². The first-order chi connectivity index (χ1) is 23.3. The average molecular weight is 682 g/mol. The van der Waals surface area contributed by atoms with Crippen LogP contribution in [-0.4, -0.2) is 23.0 Å². The minimum atomic E-state index is -0.608. The summed E-state index contributed by atoms with van der Waals surface area (Å²) in [6.45, 7) is 6.39. The minimum absolute atomic E-state index is 0.309. The van der Waals surface area contributed by atoms with Gasteiger partial charge in [-0.3, -0.25) is 0 Å².